The molecule has 1 heterocycles. The summed E-state index contributed by atoms with van der Waals surface area (Å²) >= 11 is 10.9. The van der Waals surface area contributed by atoms with Crippen LogP contribution in [0.15, 0.2) is 64.4 Å². The van der Waals surface area contributed by atoms with Crippen LogP contribution in [0, 0.1) is 0 Å². The highest BCUT2D eigenvalue weighted by atomic mass is 79.9. The third-order valence-electron chi connectivity index (χ3n) is 4.76. The number of nitrogens with one attached hydrogen (secondary N) is 2. The van der Waals surface area contributed by atoms with Crippen molar-refractivity contribution in [2.45, 2.75) is 37.1 Å². The minimum Gasteiger partial charge on any atom is -0.351 e. The van der Waals surface area contributed by atoms with Gasteiger partial charge in [0, 0.05) is 35.6 Å². The van der Waals surface area contributed by atoms with Crippen molar-refractivity contribution in [1.82, 2.24) is 15.3 Å². The number of hydrogen-bond donors (Lipinski definition) is 2. The predicted molar refractivity (Wildman–Crippen MR) is 137 cm³/mol. The predicted octanol–water partition coefficient (Wildman–Crippen LogP) is 5.90. The summed E-state index contributed by atoms with van der Waals surface area (Å²) in [6.07, 6.45) is 3.34. The van der Waals surface area contributed by atoms with E-state index in [-0.39, 0.29) is 17.5 Å². The highest BCUT2D eigenvalue weighted by Gasteiger charge is 2.14. The average Bonchev–Trinajstić information content (AvgIpc) is 2.82. The van der Waals surface area contributed by atoms with Crippen LogP contribution in [0.1, 0.15) is 41.4 Å². The molecule has 0 aliphatic rings. The fourth-order valence-corrected chi connectivity index (χ4v) is 4.39. The number of aryl methyl sites for hydroxylation is 1. The van der Waals surface area contributed by atoms with E-state index >= 15 is 0 Å². The lowest BCUT2D eigenvalue weighted by Crippen LogP contribution is -2.27. The lowest BCUT2D eigenvalue weighted by atomic mass is 10.1. The lowest BCUT2D eigenvalue weighted by Gasteiger charge is -2.09. The lowest BCUT2D eigenvalue weighted by molar-refractivity contribution is -0.116. The van der Waals surface area contributed by atoms with Gasteiger partial charge in [-0.15, -0.1) is 0 Å². The molecule has 0 spiro atoms. The third-order valence-corrected chi connectivity index (χ3v) is 6.62. The summed E-state index contributed by atoms with van der Waals surface area (Å²) in [4.78, 5) is 33.3. The van der Waals surface area contributed by atoms with Crippen LogP contribution < -0.4 is 10.6 Å². The first-order chi connectivity index (χ1) is 16.0. The zero-order valence-corrected chi connectivity index (χ0v) is 21.3. The second kappa shape index (κ2) is 12.7. The Morgan fingerprint density at radius 3 is 2.61 bits per heavy atom. The molecular weight excluding hydrogens is 524 g/mol. The van der Waals surface area contributed by atoms with E-state index in [4.69, 9.17) is 11.6 Å². The van der Waals surface area contributed by atoms with Crippen LogP contribution in [0.4, 0.5) is 5.69 Å². The van der Waals surface area contributed by atoms with Crippen molar-refractivity contribution in [2.75, 3.05) is 11.9 Å². The minimum atomic E-state index is -0.320. The Morgan fingerprint density at radius 1 is 1.12 bits per heavy atom. The monoisotopic (exact) mass is 546 g/mol. The van der Waals surface area contributed by atoms with Crippen molar-refractivity contribution in [2.24, 2.45) is 0 Å². The van der Waals surface area contributed by atoms with Gasteiger partial charge in [0.1, 0.15) is 5.69 Å². The van der Waals surface area contributed by atoms with Crippen molar-refractivity contribution in [3.05, 3.63) is 81.0 Å². The molecule has 0 unspecified atom stereocenters. The fourth-order valence-electron chi connectivity index (χ4n) is 2.92. The molecule has 0 aliphatic carbocycles. The highest BCUT2D eigenvalue weighted by molar-refractivity contribution is 9.10. The van der Waals surface area contributed by atoms with Crippen LogP contribution in [0.25, 0.3) is 0 Å². The van der Waals surface area contributed by atoms with E-state index in [1.165, 1.54) is 17.3 Å². The summed E-state index contributed by atoms with van der Waals surface area (Å²) in [6.45, 7) is 2.45. The van der Waals surface area contributed by atoms with Gasteiger partial charge in [0.25, 0.3) is 5.91 Å². The zero-order chi connectivity index (χ0) is 23.6. The molecule has 0 bridgehead atoms. The number of amides is 2. The first-order valence-corrected chi connectivity index (χ1v) is 12.7. The van der Waals surface area contributed by atoms with E-state index < -0.39 is 0 Å². The number of carbonyl (C=O) groups excluding carboxylic acids is 2. The van der Waals surface area contributed by atoms with Crippen LogP contribution in [0.5, 0.6) is 0 Å². The van der Waals surface area contributed by atoms with Crippen LogP contribution in [-0.4, -0.2) is 28.3 Å². The molecule has 0 atom stereocenters. The maximum absolute atomic E-state index is 12.6. The van der Waals surface area contributed by atoms with E-state index in [1.54, 1.807) is 6.20 Å². The van der Waals surface area contributed by atoms with Crippen molar-refractivity contribution < 1.29 is 9.59 Å². The molecule has 33 heavy (non-hydrogen) atoms. The van der Waals surface area contributed by atoms with Gasteiger partial charge in [-0.2, -0.15) is 0 Å². The number of aromatic nitrogens is 2. The Labute approximate surface area is 211 Å². The smallest absolute Gasteiger partial charge is 0.271 e. The van der Waals surface area contributed by atoms with Crippen LogP contribution in [0.2, 0.25) is 5.02 Å². The summed E-state index contributed by atoms with van der Waals surface area (Å²) in [5.41, 5.74) is 3.22. The second-order valence-corrected chi connectivity index (χ2v) is 9.39. The van der Waals surface area contributed by atoms with Gasteiger partial charge in [-0.3, -0.25) is 9.59 Å². The first kappa shape index (κ1) is 25.2. The molecule has 0 aliphatic heterocycles. The molecule has 2 N–H and O–H groups in total. The maximum atomic E-state index is 12.6. The number of nitrogens with zero attached hydrogens (tertiary/aromatic N) is 2. The topological polar surface area (TPSA) is 84.0 Å². The number of benzene rings is 2. The largest absolute Gasteiger partial charge is 0.351 e. The Kier molecular flexibility index (Phi) is 9.72. The number of halogens is 2. The summed E-state index contributed by atoms with van der Waals surface area (Å²) in [6, 6.07) is 15.4. The van der Waals surface area contributed by atoms with E-state index in [1.807, 2.05) is 48.5 Å². The van der Waals surface area contributed by atoms with Gasteiger partial charge in [0.05, 0.1) is 4.47 Å². The quantitative estimate of drug-likeness (QED) is 0.188. The number of rotatable bonds is 10. The van der Waals surface area contributed by atoms with Gasteiger partial charge in [0.15, 0.2) is 5.16 Å². The van der Waals surface area contributed by atoms with Gasteiger partial charge >= 0.3 is 0 Å². The molecule has 3 rings (SSSR count). The summed E-state index contributed by atoms with van der Waals surface area (Å²) in [7, 11) is 0. The van der Waals surface area contributed by atoms with Gasteiger partial charge < -0.3 is 10.6 Å². The van der Waals surface area contributed by atoms with Crippen molar-refractivity contribution in [1.29, 1.82) is 0 Å². The van der Waals surface area contributed by atoms with Crippen molar-refractivity contribution in [3.63, 3.8) is 0 Å². The van der Waals surface area contributed by atoms with E-state index in [2.05, 4.69) is 43.5 Å². The molecule has 172 valence electrons. The zero-order valence-electron chi connectivity index (χ0n) is 18.1. The van der Waals surface area contributed by atoms with Crippen LogP contribution in [0.3, 0.4) is 0 Å². The fraction of sp³-hybridized carbons (Fsp3) is 0.250. The summed E-state index contributed by atoms with van der Waals surface area (Å²) in [5.74, 6) is 0.188. The SMILES string of the molecule is CCc1ccc(NC(=O)CCCNC(=O)c2nc(SCc3ccccc3Cl)ncc2Br)cc1. The Morgan fingerprint density at radius 2 is 1.88 bits per heavy atom. The van der Waals surface area contributed by atoms with Gasteiger partial charge in [-0.05, 0) is 58.1 Å². The normalized spacial score (nSPS) is 10.6. The second-order valence-electron chi connectivity index (χ2n) is 7.19. The Hall–Kier alpha value is -2.42. The van der Waals surface area contributed by atoms with Crippen LogP contribution in [-0.2, 0) is 17.0 Å². The molecule has 0 radical (unpaired) electrons. The molecular formula is C24H24BrClN4O2S. The first-order valence-electron chi connectivity index (χ1n) is 10.5. The summed E-state index contributed by atoms with van der Waals surface area (Å²) < 4.78 is 0.510. The molecule has 2 aromatic carbocycles. The minimum absolute atomic E-state index is 0.0880. The summed E-state index contributed by atoms with van der Waals surface area (Å²) in [5, 5.41) is 6.85. The van der Waals surface area contributed by atoms with E-state index in [0.29, 0.717) is 39.8 Å². The molecule has 0 saturated carbocycles. The molecule has 0 fully saturated rings. The molecule has 0 saturated heterocycles. The molecule has 2 amide bonds. The number of carbonyl (C=O) groups is 2. The average molecular weight is 548 g/mol. The number of anilines is 1. The Bertz CT molecular complexity index is 1110. The number of hydrogen-bond acceptors (Lipinski definition) is 5. The highest BCUT2D eigenvalue weighted by Crippen LogP contribution is 2.25. The maximum Gasteiger partial charge on any atom is 0.271 e. The van der Waals surface area contributed by atoms with Crippen molar-refractivity contribution >= 4 is 56.8 Å². The van der Waals surface area contributed by atoms with Crippen LogP contribution >= 0.6 is 39.3 Å². The molecule has 6 nitrogen and oxygen atoms in total. The molecule has 9 heteroatoms. The van der Waals surface area contributed by atoms with Crippen molar-refractivity contribution in [3.8, 4) is 0 Å². The molecule has 1 aromatic heterocycles. The van der Waals surface area contributed by atoms with Gasteiger partial charge in [0.2, 0.25) is 5.91 Å². The molecule has 3 aromatic rings. The van der Waals surface area contributed by atoms with E-state index in [0.717, 1.165) is 17.7 Å². The number of thioether (sulfide) groups is 1. The standard InChI is InChI=1S/C24H24BrClN4O2S/c1-2-16-9-11-18(12-10-16)29-21(31)8-5-13-27-23(32)22-19(25)14-28-24(30-22)33-15-17-6-3-4-7-20(17)26/h3-4,6-7,9-12,14H,2,5,8,13,15H2,1H3,(H,27,32)(H,29,31). The third kappa shape index (κ3) is 7.84. The Balaban J connectivity index is 1.46. The van der Waals surface area contributed by atoms with Gasteiger partial charge in [-0.1, -0.05) is 60.6 Å². The van der Waals surface area contributed by atoms with Gasteiger partial charge in [-0.25, -0.2) is 9.97 Å². The van der Waals surface area contributed by atoms with E-state index in [9.17, 15) is 9.59 Å².